The lowest BCUT2D eigenvalue weighted by molar-refractivity contribution is -0.127. The van der Waals surface area contributed by atoms with Crippen molar-refractivity contribution in [2.45, 2.75) is 33.3 Å². The number of amides is 3. The van der Waals surface area contributed by atoms with E-state index >= 15 is 0 Å². The Morgan fingerprint density at radius 1 is 1.09 bits per heavy atom. The average Bonchev–Trinajstić information content (AvgIpc) is 3.25. The van der Waals surface area contributed by atoms with E-state index in [1.54, 1.807) is 37.3 Å². The van der Waals surface area contributed by atoms with Gasteiger partial charge in [-0.15, -0.1) is 0 Å². The molecule has 0 atom stereocenters. The van der Waals surface area contributed by atoms with E-state index in [1.165, 1.54) is 30.3 Å². The molecule has 0 unspecified atom stereocenters. The predicted octanol–water partition coefficient (Wildman–Crippen LogP) is 7.85. The standard InChI is InChI=1S/C32H29BrClFN2O7S/c1-3-5-12-43-31(40)22-16-21(10-11-24(22)34)36-28(38)17-37-30(39)27(45-32(37)41)15-19-13-23(33)29(26(14-19)42-4-2)44-18-20-8-6-7-9-25(20)35/h6-11,13-16H,3-5,12,17-18H2,1-2H3,(H,36,38)/b27-15-. The van der Waals surface area contributed by atoms with Crippen molar-refractivity contribution in [1.82, 2.24) is 4.90 Å². The molecule has 1 heterocycles. The number of rotatable bonds is 13. The number of nitrogens with one attached hydrogen (secondary N) is 1. The smallest absolute Gasteiger partial charge is 0.339 e. The number of esters is 1. The second kappa shape index (κ2) is 15.9. The van der Waals surface area contributed by atoms with Crippen LogP contribution in [0, 0.1) is 5.82 Å². The molecule has 13 heteroatoms. The summed E-state index contributed by atoms with van der Waals surface area (Å²) in [6.07, 6.45) is 3.06. The fourth-order valence-electron chi connectivity index (χ4n) is 4.12. The molecule has 0 bridgehead atoms. The highest BCUT2D eigenvalue weighted by Crippen LogP contribution is 2.40. The van der Waals surface area contributed by atoms with E-state index in [9.17, 15) is 23.6 Å². The Morgan fingerprint density at radius 3 is 2.60 bits per heavy atom. The zero-order valence-electron chi connectivity index (χ0n) is 24.4. The Labute approximate surface area is 277 Å². The lowest BCUT2D eigenvalue weighted by Crippen LogP contribution is -2.36. The Bertz CT molecular complexity index is 1650. The van der Waals surface area contributed by atoms with Crippen LogP contribution in [0.1, 0.15) is 48.2 Å². The van der Waals surface area contributed by atoms with Crippen molar-refractivity contribution >= 4 is 74.1 Å². The number of nitrogens with zero attached hydrogens (tertiary/aromatic N) is 1. The molecule has 0 saturated carbocycles. The van der Waals surface area contributed by atoms with Gasteiger partial charge in [-0.05, 0) is 89.1 Å². The number of imide groups is 1. The van der Waals surface area contributed by atoms with Gasteiger partial charge in [-0.3, -0.25) is 19.3 Å². The molecule has 1 saturated heterocycles. The highest BCUT2D eigenvalue weighted by molar-refractivity contribution is 9.10. The molecule has 1 aliphatic rings. The molecule has 3 aromatic carbocycles. The predicted molar refractivity (Wildman–Crippen MR) is 174 cm³/mol. The molecule has 3 aromatic rings. The summed E-state index contributed by atoms with van der Waals surface area (Å²) in [5, 5.41) is 2.13. The molecular formula is C32H29BrClFN2O7S. The van der Waals surface area contributed by atoms with Gasteiger partial charge in [0.15, 0.2) is 11.5 Å². The number of unbranched alkanes of at least 4 members (excludes halogenated alkanes) is 1. The first-order valence-electron chi connectivity index (χ1n) is 14.0. The lowest BCUT2D eigenvalue weighted by atomic mass is 10.1. The fourth-order valence-corrected chi connectivity index (χ4v) is 5.73. The van der Waals surface area contributed by atoms with Gasteiger partial charge in [0, 0.05) is 11.3 Å². The van der Waals surface area contributed by atoms with E-state index in [1.807, 2.05) is 6.92 Å². The van der Waals surface area contributed by atoms with Gasteiger partial charge in [-0.1, -0.05) is 43.1 Å². The number of halogens is 3. The zero-order chi connectivity index (χ0) is 32.5. The molecule has 4 rings (SSSR count). The number of carbonyl (C=O) groups is 4. The maximum absolute atomic E-state index is 14.1. The summed E-state index contributed by atoms with van der Waals surface area (Å²) in [7, 11) is 0. The molecule has 236 valence electrons. The summed E-state index contributed by atoms with van der Waals surface area (Å²) in [5.41, 5.74) is 1.23. The molecule has 1 N–H and O–H groups in total. The lowest BCUT2D eigenvalue weighted by Gasteiger charge is -2.15. The van der Waals surface area contributed by atoms with Gasteiger partial charge in [-0.25, -0.2) is 9.18 Å². The number of hydrogen-bond acceptors (Lipinski definition) is 8. The monoisotopic (exact) mass is 718 g/mol. The Hall–Kier alpha value is -3.87. The normalized spacial score (nSPS) is 13.7. The summed E-state index contributed by atoms with van der Waals surface area (Å²) in [4.78, 5) is 51.9. The van der Waals surface area contributed by atoms with E-state index in [4.69, 9.17) is 25.8 Å². The van der Waals surface area contributed by atoms with Gasteiger partial charge in [0.25, 0.3) is 11.1 Å². The number of benzene rings is 3. The topological polar surface area (TPSA) is 111 Å². The molecule has 0 spiro atoms. The van der Waals surface area contributed by atoms with Crippen molar-refractivity contribution in [3.8, 4) is 11.5 Å². The summed E-state index contributed by atoms with van der Waals surface area (Å²) in [6, 6.07) is 13.9. The summed E-state index contributed by atoms with van der Waals surface area (Å²) in [5.74, 6) is -1.61. The molecule has 0 aromatic heterocycles. The first-order valence-corrected chi connectivity index (χ1v) is 15.9. The average molecular weight is 720 g/mol. The van der Waals surface area contributed by atoms with Crippen LogP contribution >= 0.6 is 39.3 Å². The van der Waals surface area contributed by atoms with Crippen LogP contribution in [0.25, 0.3) is 6.08 Å². The molecular weight excluding hydrogens is 691 g/mol. The SMILES string of the molecule is CCCCOC(=O)c1cc(NC(=O)CN2C(=O)S/C(=C\c3cc(Br)c(OCc4ccccc4F)c(OCC)c3)C2=O)ccc1Cl. The van der Waals surface area contributed by atoms with Crippen molar-refractivity contribution in [3.05, 3.63) is 91.5 Å². The largest absolute Gasteiger partial charge is 0.490 e. The van der Waals surface area contributed by atoms with Gasteiger partial charge in [0.05, 0.1) is 33.2 Å². The van der Waals surface area contributed by atoms with Crippen LogP contribution in [0.2, 0.25) is 5.02 Å². The number of carbonyl (C=O) groups excluding carboxylic acids is 4. The first kappa shape index (κ1) is 34.0. The van der Waals surface area contributed by atoms with E-state index in [0.29, 0.717) is 51.9 Å². The third-order valence-electron chi connectivity index (χ3n) is 6.34. The van der Waals surface area contributed by atoms with E-state index in [-0.39, 0.29) is 34.4 Å². The number of ether oxygens (including phenoxy) is 3. The van der Waals surface area contributed by atoms with Crippen LogP contribution in [-0.2, 0) is 20.9 Å². The van der Waals surface area contributed by atoms with Gasteiger partial charge in [0.1, 0.15) is 19.0 Å². The third kappa shape index (κ3) is 8.86. The van der Waals surface area contributed by atoms with Crippen LogP contribution in [0.3, 0.4) is 0 Å². The number of thioether (sulfide) groups is 1. The second-order valence-electron chi connectivity index (χ2n) is 9.64. The van der Waals surface area contributed by atoms with Crippen molar-refractivity contribution in [1.29, 1.82) is 0 Å². The third-order valence-corrected chi connectivity index (χ3v) is 8.16. The minimum atomic E-state index is -0.649. The summed E-state index contributed by atoms with van der Waals surface area (Å²) in [6.45, 7) is 3.73. The van der Waals surface area contributed by atoms with Gasteiger partial charge in [0.2, 0.25) is 5.91 Å². The second-order valence-corrected chi connectivity index (χ2v) is 11.9. The molecule has 0 radical (unpaired) electrons. The minimum Gasteiger partial charge on any atom is -0.490 e. The highest BCUT2D eigenvalue weighted by atomic mass is 79.9. The summed E-state index contributed by atoms with van der Waals surface area (Å²) < 4.78 is 31.4. The summed E-state index contributed by atoms with van der Waals surface area (Å²) >= 11 is 10.3. The molecule has 9 nitrogen and oxygen atoms in total. The Kier molecular flexibility index (Phi) is 12.0. The Balaban J connectivity index is 1.45. The molecule has 1 aliphatic heterocycles. The van der Waals surface area contributed by atoms with Crippen molar-refractivity contribution in [2.75, 3.05) is 25.1 Å². The maximum atomic E-state index is 14.1. The number of hydrogen-bond donors (Lipinski definition) is 1. The van der Waals surface area contributed by atoms with E-state index in [2.05, 4.69) is 21.2 Å². The van der Waals surface area contributed by atoms with Crippen molar-refractivity contribution in [3.63, 3.8) is 0 Å². The van der Waals surface area contributed by atoms with Gasteiger partial charge in [-0.2, -0.15) is 0 Å². The van der Waals surface area contributed by atoms with Crippen LogP contribution in [0.15, 0.2) is 64.0 Å². The zero-order valence-corrected chi connectivity index (χ0v) is 27.5. The van der Waals surface area contributed by atoms with Gasteiger partial charge < -0.3 is 19.5 Å². The molecule has 1 fully saturated rings. The molecule has 3 amide bonds. The maximum Gasteiger partial charge on any atom is 0.339 e. The van der Waals surface area contributed by atoms with E-state index < -0.39 is 35.4 Å². The van der Waals surface area contributed by atoms with Crippen molar-refractivity contribution < 1.29 is 37.8 Å². The quantitative estimate of drug-likeness (QED) is 0.108. The molecule has 0 aliphatic carbocycles. The number of anilines is 1. The van der Waals surface area contributed by atoms with Gasteiger partial charge >= 0.3 is 5.97 Å². The highest BCUT2D eigenvalue weighted by Gasteiger charge is 2.36. The van der Waals surface area contributed by atoms with E-state index in [0.717, 1.165) is 11.3 Å². The fraction of sp³-hybridized carbons (Fsp3) is 0.250. The van der Waals surface area contributed by atoms with Crippen LogP contribution in [0.4, 0.5) is 14.9 Å². The van der Waals surface area contributed by atoms with Crippen molar-refractivity contribution in [2.24, 2.45) is 0 Å². The van der Waals surface area contributed by atoms with Crippen LogP contribution in [0.5, 0.6) is 11.5 Å². The Morgan fingerprint density at radius 2 is 1.87 bits per heavy atom. The van der Waals surface area contributed by atoms with Crippen LogP contribution in [-0.4, -0.2) is 47.7 Å². The first-order chi connectivity index (χ1) is 21.6. The molecule has 45 heavy (non-hydrogen) atoms. The minimum absolute atomic E-state index is 0.0357. The van der Waals surface area contributed by atoms with Crippen LogP contribution < -0.4 is 14.8 Å².